The van der Waals surface area contributed by atoms with Gasteiger partial charge in [0.1, 0.15) is 0 Å². The maximum absolute atomic E-state index is 13.4. The summed E-state index contributed by atoms with van der Waals surface area (Å²) in [5.41, 5.74) is -0.531. The van der Waals surface area contributed by atoms with Crippen LogP contribution in [-0.4, -0.2) is 31.3 Å². The number of halogens is 1. The van der Waals surface area contributed by atoms with Gasteiger partial charge in [0.25, 0.3) is 0 Å². The zero-order valence-corrected chi connectivity index (χ0v) is 10.8. The van der Waals surface area contributed by atoms with Crippen LogP contribution in [0.5, 0.6) is 28.7 Å². The number of carbonyl (C=O) groups excluding carboxylic acids is 1. The lowest BCUT2D eigenvalue weighted by Crippen LogP contribution is -2.03. The molecule has 0 saturated carbocycles. The molecule has 0 radical (unpaired) electrons. The maximum Gasteiger partial charge on any atom is 0.204 e. The van der Waals surface area contributed by atoms with Crippen molar-refractivity contribution >= 4 is 5.78 Å². The largest absolute Gasteiger partial charge is 0.504 e. The number of rotatable bonds is 2. The molecule has 0 aromatic heterocycles. The molecule has 0 atom stereocenters. The number of aromatic hydroxyl groups is 5. The maximum atomic E-state index is 13.4. The van der Waals surface area contributed by atoms with E-state index < -0.39 is 45.9 Å². The fourth-order valence-corrected chi connectivity index (χ4v) is 1.84. The van der Waals surface area contributed by atoms with Crippen molar-refractivity contribution in [3.05, 3.63) is 40.7 Å². The number of phenolic OH excluding ortho intramolecular Hbond substituents is 5. The van der Waals surface area contributed by atoms with Crippen LogP contribution in [0.15, 0.2) is 18.2 Å². The molecule has 0 heterocycles. The molecule has 2 aromatic carbocycles. The molecule has 5 N–H and O–H groups in total. The van der Waals surface area contributed by atoms with E-state index in [1.807, 2.05) is 0 Å². The van der Waals surface area contributed by atoms with Crippen LogP contribution in [0, 0.1) is 12.7 Å². The minimum Gasteiger partial charge on any atom is -0.504 e. The summed E-state index contributed by atoms with van der Waals surface area (Å²) in [6.07, 6.45) is 0. The van der Waals surface area contributed by atoms with Crippen LogP contribution in [0.4, 0.5) is 4.39 Å². The van der Waals surface area contributed by atoms with Gasteiger partial charge in [-0.1, -0.05) is 0 Å². The van der Waals surface area contributed by atoms with Crippen LogP contribution in [-0.2, 0) is 0 Å². The van der Waals surface area contributed by atoms with E-state index in [-0.39, 0.29) is 11.1 Å². The second-order valence-corrected chi connectivity index (χ2v) is 4.44. The highest BCUT2D eigenvalue weighted by molar-refractivity contribution is 6.11. The Morgan fingerprint density at radius 3 is 2.10 bits per heavy atom. The second-order valence-electron chi connectivity index (χ2n) is 4.44. The molecule has 2 aromatic rings. The monoisotopic (exact) mass is 294 g/mol. The molecule has 6 nitrogen and oxygen atoms in total. The van der Waals surface area contributed by atoms with E-state index in [0.717, 1.165) is 6.07 Å². The van der Waals surface area contributed by atoms with Crippen LogP contribution in [0.1, 0.15) is 21.5 Å². The molecule has 0 spiro atoms. The highest BCUT2D eigenvalue weighted by Crippen LogP contribution is 2.40. The van der Waals surface area contributed by atoms with Gasteiger partial charge < -0.3 is 25.5 Å². The van der Waals surface area contributed by atoms with E-state index in [1.165, 1.54) is 13.0 Å². The zero-order valence-electron chi connectivity index (χ0n) is 10.8. The van der Waals surface area contributed by atoms with Crippen molar-refractivity contribution < 1.29 is 34.7 Å². The molecule has 2 rings (SSSR count). The Hall–Kier alpha value is -2.96. The summed E-state index contributed by atoms with van der Waals surface area (Å²) in [4.78, 5) is 12.2. The van der Waals surface area contributed by atoms with Crippen molar-refractivity contribution in [3.8, 4) is 28.7 Å². The fraction of sp³-hybridized carbons (Fsp3) is 0.0714. The Morgan fingerprint density at radius 1 is 0.905 bits per heavy atom. The first-order chi connectivity index (χ1) is 9.73. The fourth-order valence-electron chi connectivity index (χ4n) is 1.84. The molecule has 0 fully saturated rings. The van der Waals surface area contributed by atoms with Crippen molar-refractivity contribution in [3.63, 3.8) is 0 Å². The van der Waals surface area contributed by atoms with Crippen molar-refractivity contribution in [1.82, 2.24) is 0 Å². The Balaban J connectivity index is 2.61. The van der Waals surface area contributed by atoms with Gasteiger partial charge in [-0.25, -0.2) is 4.39 Å². The summed E-state index contributed by atoms with van der Waals surface area (Å²) in [6.45, 7) is 1.43. The second kappa shape index (κ2) is 4.86. The Labute approximate surface area is 118 Å². The van der Waals surface area contributed by atoms with Gasteiger partial charge in [-0.3, -0.25) is 4.79 Å². The Bertz CT molecular complexity index is 731. The number of hydrogen-bond donors (Lipinski definition) is 5. The first-order valence-electron chi connectivity index (χ1n) is 5.74. The molecule has 0 aliphatic heterocycles. The summed E-state index contributed by atoms with van der Waals surface area (Å²) in [5, 5.41) is 47.0. The average molecular weight is 294 g/mol. The zero-order chi connectivity index (χ0) is 15.9. The number of ketones is 1. The summed E-state index contributed by atoms with van der Waals surface area (Å²) >= 11 is 0. The summed E-state index contributed by atoms with van der Waals surface area (Å²) in [7, 11) is 0. The van der Waals surface area contributed by atoms with Gasteiger partial charge in [-0.15, -0.1) is 0 Å². The van der Waals surface area contributed by atoms with Crippen molar-refractivity contribution in [2.45, 2.75) is 6.92 Å². The molecule has 21 heavy (non-hydrogen) atoms. The number of phenols is 5. The molecule has 0 aliphatic rings. The van der Waals surface area contributed by atoms with Gasteiger partial charge in [0.05, 0.1) is 5.56 Å². The number of benzene rings is 2. The van der Waals surface area contributed by atoms with E-state index in [9.17, 15) is 29.6 Å². The number of carbonyl (C=O) groups is 1. The highest BCUT2D eigenvalue weighted by atomic mass is 19.1. The van der Waals surface area contributed by atoms with E-state index >= 15 is 0 Å². The van der Waals surface area contributed by atoms with Crippen LogP contribution in [0.3, 0.4) is 0 Å². The Kier molecular flexibility index (Phi) is 3.34. The molecule has 7 heteroatoms. The summed E-state index contributed by atoms with van der Waals surface area (Å²) in [6, 6.07) is 2.72. The van der Waals surface area contributed by atoms with Crippen LogP contribution in [0.25, 0.3) is 0 Å². The highest BCUT2D eigenvalue weighted by Gasteiger charge is 2.23. The minimum atomic E-state index is -1.28. The molecule has 0 amide bonds. The smallest absolute Gasteiger partial charge is 0.204 e. The predicted molar refractivity (Wildman–Crippen MR) is 69.3 cm³/mol. The molecular formula is C14H11FO6. The third-order valence-electron chi connectivity index (χ3n) is 2.99. The van der Waals surface area contributed by atoms with Crippen LogP contribution in [0.2, 0.25) is 0 Å². The third kappa shape index (κ3) is 2.29. The van der Waals surface area contributed by atoms with Crippen molar-refractivity contribution in [1.29, 1.82) is 0 Å². The van der Waals surface area contributed by atoms with Crippen molar-refractivity contribution in [2.75, 3.05) is 0 Å². The lowest BCUT2D eigenvalue weighted by atomic mass is 9.99. The lowest BCUT2D eigenvalue weighted by molar-refractivity contribution is 0.103. The predicted octanol–water partition coefficient (Wildman–Crippen LogP) is 1.89. The van der Waals surface area contributed by atoms with E-state index in [4.69, 9.17) is 5.11 Å². The third-order valence-corrected chi connectivity index (χ3v) is 2.99. The van der Waals surface area contributed by atoms with Gasteiger partial charge in [0.2, 0.25) is 5.75 Å². The van der Waals surface area contributed by atoms with Gasteiger partial charge in [0, 0.05) is 5.56 Å². The quantitative estimate of drug-likeness (QED) is 0.426. The normalized spacial score (nSPS) is 10.6. The van der Waals surface area contributed by atoms with E-state index in [2.05, 4.69) is 0 Å². The Morgan fingerprint density at radius 2 is 1.52 bits per heavy atom. The lowest BCUT2D eigenvalue weighted by Gasteiger charge is -2.10. The topological polar surface area (TPSA) is 118 Å². The van der Waals surface area contributed by atoms with Crippen molar-refractivity contribution in [2.24, 2.45) is 0 Å². The van der Waals surface area contributed by atoms with Crippen LogP contribution >= 0.6 is 0 Å². The number of hydrogen-bond acceptors (Lipinski definition) is 6. The first kappa shape index (κ1) is 14.4. The number of aryl methyl sites for hydroxylation is 1. The molecular weight excluding hydrogens is 283 g/mol. The molecule has 0 aliphatic carbocycles. The van der Waals surface area contributed by atoms with Gasteiger partial charge in [-0.2, -0.15) is 0 Å². The molecule has 0 bridgehead atoms. The molecule has 110 valence electrons. The van der Waals surface area contributed by atoms with Gasteiger partial charge >= 0.3 is 0 Å². The average Bonchev–Trinajstić information content (AvgIpc) is 2.45. The van der Waals surface area contributed by atoms with Crippen LogP contribution < -0.4 is 0 Å². The van der Waals surface area contributed by atoms with E-state index in [0.29, 0.717) is 6.07 Å². The van der Waals surface area contributed by atoms with Gasteiger partial charge in [0.15, 0.2) is 34.6 Å². The first-order valence-corrected chi connectivity index (χ1v) is 5.74. The van der Waals surface area contributed by atoms with E-state index in [1.54, 1.807) is 0 Å². The molecule has 0 saturated heterocycles. The molecule has 0 unspecified atom stereocenters. The minimum absolute atomic E-state index is 0.136. The standard InChI is InChI=1S/C14H11FO6/c1-5-2-6(3-9(16)10(5)17)11(18)7-4-8(15)13(20)14(21)12(7)19/h2-4,16-17,19-21H,1H3. The van der Waals surface area contributed by atoms with Gasteiger partial charge in [-0.05, 0) is 30.7 Å². The summed E-state index contributed by atoms with van der Waals surface area (Å²) in [5.74, 6) is -6.46. The summed E-state index contributed by atoms with van der Waals surface area (Å²) < 4.78 is 13.4. The SMILES string of the molecule is Cc1cc(C(=O)c2cc(F)c(O)c(O)c2O)cc(O)c1O.